The summed E-state index contributed by atoms with van der Waals surface area (Å²) in [4.78, 5) is 27.0. The second-order valence-electron chi connectivity index (χ2n) is 12.6. The number of quaternary nitrogens is 2. The highest BCUT2D eigenvalue weighted by molar-refractivity contribution is 5.83. The molecule has 2 N–H and O–H groups in total. The van der Waals surface area contributed by atoms with Crippen LogP contribution >= 0.6 is 0 Å². The molecule has 2 heterocycles. The summed E-state index contributed by atoms with van der Waals surface area (Å²) in [7, 11) is 0. The fraction of sp³-hybridized carbons (Fsp3) is 0.929. The quantitative estimate of drug-likeness (QED) is 0.419. The number of nitrogens with one attached hydrogen (secondary N) is 2. The van der Waals surface area contributed by atoms with Crippen molar-refractivity contribution in [1.29, 1.82) is 0 Å². The number of likely N-dealkylation sites (tertiary alicyclic amines) is 2. The number of amides is 2. The lowest BCUT2D eigenvalue weighted by atomic mass is 9.89. The third-order valence-electron chi connectivity index (χ3n) is 10.4. The van der Waals surface area contributed by atoms with E-state index in [1.807, 2.05) is 0 Å². The van der Waals surface area contributed by atoms with Crippen LogP contribution in [0.4, 0.5) is 0 Å². The first-order valence-corrected chi connectivity index (χ1v) is 15.2. The molecule has 2 amide bonds. The maximum atomic E-state index is 13.9. The summed E-state index contributed by atoms with van der Waals surface area (Å²) in [6.45, 7) is 1.11. The van der Waals surface area contributed by atoms with Gasteiger partial charge in [-0.2, -0.15) is 0 Å². The molecule has 2 unspecified atom stereocenters. The maximum absolute atomic E-state index is 13.9. The van der Waals surface area contributed by atoms with E-state index in [0.29, 0.717) is 25.9 Å². The van der Waals surface area contributed by atoms with Crippen LogP contribution in [-0.4, -0.2) is 70.4 Å². The van der Waals surface area contributed by atoms with Crippen molar-refractivity contribution < 1.29 is 18.9 Å². The summed E-state index contributed by atoms with van der Waals surface area (Å²) < 4.78 is -0.676. The van der Waals surface area contributed by atoms with Crippen molar-refractivity contribution in [3.8, 4) is 0 Å². The minimum absolute atomic E-state index is 0.0592. The van der Waals surface area contributed by atoms with Gasteiger partial charge in [0.25, 0.3) is 11.8 Å². The van der Waals surface area contributed by atoms with Crippen molar-refractivity contribution in [2.75, 3.05) is 13.1 Å². The van der Waals surface area contributed by atoms with E-state index in [2.05, 4.69) is 10.6 Å². The molecule has 5 aliphatic rings. The lowest BCUT2D eigenvalue weighted by Crippen LogP contribution is -2.64. The molecule has 0 aromatic carbocycles. The molecule has 36 heavy (non-hydrogen) atoms. The van der Waals surface area contributed by atoms with Crippen LogP contribution < -0.4 is 10.6 Å². The highest BCUT2D eigenvalue weighted by Gasteiger charge is 2.48. The van der Waals surface area contributed by atoms with Crippen molar-refractivity contribution in [2.45, 2.75) is 152 Å². The minimum Gasteiger partial charge on any atom is -0.632 e. The van der Waals surface area contributed by atoms with Gasteiger partial charge in [-0.05, 0) is 64.2 Å². The van der Waals surface area contributed by atoms with Crippen LogP contribution in [0, 0.1) is 10.4 Å². The first-order valence-electron chi connectivity index (χ1n) is 15.2. The molecule has 3 saturated carbocycles. The Morgan fingerprint density at radius 2 is 0.861 bits per heavy atom. The van der Waals surface area contributed by atoms with Gasteiger partial charge >= 0.3 is 0 Å². The average Bonchev–Trinajstić information content (AvgIpc) is 3.50. The Labute approximate surface area is 216 Å². The van der Waals surface area contributed by atoms with Gasteiger partial charge in [0.15, 0.2) is 12.1 Å². The van der Waals surface area contributed by atoms with Crippen LogP contribution in [0.25, 0.3) is 0 Å². The van der Waals surface area contributed by atoms with Crippen LogP contribution in [0.5, 0.6) is 0 Å². The summed E-state index contributed by atoms with van der Waals surface area (Å²) in [5.74, 6) is -0.229. The van der Waals surface area contributed by atoms with Gasteiger partial charge in [0, 0.05) is 37.8 Å². The van der Waals surface area contributed by atoms with E-state index in [9.17, 15) is 20.0 Å². The van der Waals surface area contributed by atoms with E-state index in [1.165, 1.54) is 12.8 Å². The Kier molecular flexibility index (Phi) is 8.25. The summed E-state index contributed by atoms with van der Waals surface area (Å²) in [5, 5.41) is 34.3. The third kappa shape index (κ3) is 5.20. The Morgan fingerprint density at radius 1 is 0.500 bits per heavy atom. The Hall–Kier alpha value is -1.22. The number of nitrogens with zero attached hydrogens (tertiary/aromatic N) is 2. The number of hydrogen-bond acceptors (Lipinski definition) is 4. The first kappa shape index (κ1) is 26.4. The molecule has 8 nitrogen and oxygen atoms in total. The van der Waals surface area contributed by atoms with E-state index in [0.717, 1.165) is 89.9 Å². The third-order valence-corrected chi connectivity index (χ3v) is 10.4. The summed E-state index contributed by atoms with van der Waals surface area (Å²) >= 11 is 0. The number of carbonyl (C=O) groups excluding carboxylic acids is 2. The predicted octanol–water partition coefficient (Wildman–Crippen LogP) is 4.15. The summed E-state index contributed by atoms with van der Waals surface area (Å²) in [6, 6.07) is -1.22. The van der Waals surface area contributed by atoms with Gasteiger partial charge in [-0.3, -0.25) is 9.59 Å². The largest absolute Gasteiger partial charge is 0.632 e. The van der Waals surface area contributed by atoms with Crippen LogP contribution in [-0.2, 0) is 9.59 Å². The molecule has 5 fully saturated rings. The van der Waals surface area contributed by atoms with Crippen LogP contribution in [0.2, 0.25) is 0 Å². The van der Waals surface area contributed by atoms with Gasteiger partial charge < -0.3 is 30.3 Å². The van der Waals surface area contributed by atoms with Gasteiger partial charge in [0.1, 0.15) is 0 Å². The number of carbonyl (C=O) groups is 2. The predicted molar refractivity (Wildman–Crippen MR) is 139 cm³/mol. The van der Waals surface area contributed by atoms with Crippen molar-refractivity contribution >= 4 is 11.8 Å². The zero-order valence-electron chi connectivity index (χ0n) is 22.1. The van der Waals surface area contributed by atoms with E-state index >= 15 is 0 Å². The lowest BCUT2D eigenvalue weighted by molar-refractivity contribution is -0.909. The Balaban J connectivity index is 1.22. The molecular formula is C28H48N4O4. The smallest absolute Gasteiger partial charge is 0.278 e. The Bertz CT molecular complexity index is 720. The monoisotopic (exact) mass is 504 g/mol. The molecule has 6 atom stereocenters. The normalized spacial score (nSPS) is 40.7. The molecule has 0 bridgehead atoms. The fourth-order valence-electron chi connectivity index (χ4n) is 8.42. The molecule has 2 aliphatic heterocycles. The van der Waals surface area contributed by atoms with Gasteiger partial charge in [0.05, 0.1) is 25.2 Å². The first-order chi connectivity index (χ1) is 17.4. The maximum Gasteiger partial charge on any atom is 0.278 e. The molecule has 3 aliphatic carbocycles. The minimum atomic E-state index is -0.515. The summed E-state index contributed by atoms with van der Waals surface area (Å²) in [6.07, 6.45) is 17.1. The van der Waals surface area contributed by atoms with Gasteiger partial charge in [-0.1, -0.05) is 25.7 Å². The molecular weight excluding hydrogens is 456 g/mol. The van der Waals surface area contributed by atoms with E-state index in [1.54, 1.807) is 0 Å². The zero-order chi connectivity index (χ0) is 25.2. The zero-order valence-corrected chi connectivity index (χ0v) is 22.1. The molecule has 0 spiro atoms. The van der Waals surface area contributed by atoms with E-state index in [-0.39, 0.29) is 45.3 Å². The second kappa shape index (κ2) is 11.3. The van der Waals surface area contributed by atoms with Crippen LogP contribution in [0.15, 0.2) is 0 Å². The summed E-state index contributed by atoms with van der Waals surface area (Å²) in [5.41, 5.74) is 0. The van der Waals surface area contributed by atoms with Crippen molar-refractivity contribution in [3.05, 3.63) is 10.4 Å². The molecule has 5 rings (SSSR count). The highest BCUT2D eigenvalue weighted by atomic mass is 16.6. The standard InChI is InChI=1S/C28H48N4O4/c33-27(25-17-9-19-31(25,35)21-11-3-1-4-12-21)29-23-15-7-8-16-24(23)30-28(34)26-18-10-20-32(26,36)22-13-5-2-6-14-22/h21-26H,1-20H2,(H,29,33)(H,30,34)/t23-,24-,25-,26-,31?,32?/m0/s1. The number of hydroxylamine groups is 6. The highest BCUT2D eigenvalue weighted by Crippen LogP contribution is 2.38. The van der Waals surface area contributed by atoms with Gasteiger partial charge in [-0.25, -0.2) is 0 Å². The van der Waals surface area contributed by atoms with Crippen LogP contribution in [0.3, 0.4) is 0 Å². The van der Waals surface area contributed by atoms with Crippen molar-refractivity contribution in [3.63, 3.8) is 0 Å². The van der Waals surface area contributed by atoms with E-state index < -0.39 is 12.1 Å². The molecule has 204 valence electrons. The molecule has 0 radical (unpaired) electrons. The lowest BCUT2D eigenvalue weighted by Gasteiger charge is -2.51. The SMILES string of the molecule is O=C(N[C@H]1CCCC[C@@H]1NC(=O)[C@@H]1CCC[N+]1([O-])C1CCCCC1)[C@@H]1CCC[N+]1([O-])C1CCCCC1. The number of rotatable bonds is 6. The molecule has 2 saturated heterocycles. The molecule has 8 heteroatoms. The van der Waals surface area contributed by atoms with E-state index in [4.69, 9.17) is 0 Å². The van der Waals surface area contributed by atoms with Crippen molar-refractivity contribution in [1.82, 2.24) is 10.6 Å². The second-order valence-corrected chi connectivity index (χ2v) is 12.6. The van der Waals surface area contributed by atoms with Gasteiger partial charge in [0.2, 0.25) is 0 Å². The Morgan fingerprint density at radius 3 is 1.25 bits per heavy atom. The fourth-order valence-corrected chi connectivity index (χ4v) is 8.42. The molecule has 0 aromatic rings. The van der Waals surface area contributed by atoms with Gasteiger partial charge in [-0.15, -0.1) is 0 Å². The van der Waals surface area contributed by atoms with Crippen LogP contribution in [0.1, 0.15) is 116 Å². The molecule has 0 aromatic heterocycles. The number of hydrogen-bond donors (Lipinski definition) is 2. The topological polar surface area (TPSA) is 104 Å². The van der Waals surface area contributed by atoms with Crippen molar-refractivity contribution in [2.24, 2.45) is 0 Å². The average molecular weight is 505 g/mol.